The van der Waals surface area contributed by atoms with Crippen LogP contribution in [0.1, 0.15) is 179 Å². The van der Waals surface area contributed by atoms with Crippen LogP contribution in [0.2, 0.25) is 0 Å². The summed E-state index contributed by atoms with van der Waals surface area (Å²) in [5, 5.41) is 2.16. The Morgan fingerprint density at radius 3 is 1.14 bits per heavy atom. The van der Waals surface area contributed by atoms with Gasteiger partial charge in [0.25, 0.3) is 10.1 Å². The number of hydrogen-bond donors (Lipinski definition) is 1. The second kappa shape index (κ2) is 23.1. The van der Waals surface area contributed by atoms with Gasteiger partial charge in [-0.3, -0.25) is 4.55 Å². The van der Waals surface area contributed by atoms with Gasteiger partial charge in [-0.25, -0.2) is 0 Å². The van der Waals surface area contributed by atoms with E-state index < -0.39 is 10.1 Å². The van der Waals surface area contributed by atoms with Crippen molar-refractivity contribution >= 4 is 20.9 Å². The van der Waals surface area contributed by atoms with E-state index in [2.05, 4.69) is 26.0 Å². The minimum absolute atomic E-state index is 0.00783. The van der Waals surface area contributed by atoms with Crippen LogP contribution in [0.5, 0.6) is 0 Å². The molecule has 42 heavy (non-hydrogen) atoms. The van der Waals surface area contributed by atoms with Gasteiger partial charge in [0.2, 0.25) is 0 Å². The van der Waals surface area contributed by atoms with Crippen LogP contribution >= 0.6 is 0 Å². The lowest BCUT2D eigenvalue weighted by atomic mass is 9.93. The summed E-state index contributed by atoms with van der Waals surface area (Å²) in [6.45, 7) is 4.55. The molecule has 0 fully saturated rings. The van der Waals surface area contributed by atoms with Crippen molar-refractivity contribution in [3.8, 4) is 0 Å². The van der Waals surface area contributed by atoms with Crippen molar-refractivity contribution in [2.75, 3.05) is 0 Å². The molecule has 0 saturated carbocycles. The molecule has 3 nitrogen and oxygen atoms in total. The van der Waals surface area contributed by atoms with Crippen LogP contribution in [0.15, 0.2) is 35.2 Å². The molecule has 0 bridgehead atoms. The fourth-order valence-corrected chi connectivity index (χ4v) is 6.87. The van der Waals surface area contributed by atoms with E-state index >= 15 is 0 Å². The van der Waals surface area contributed by atoms with Gasteiger partial charge in [0.05, 0.1) is 4.90 Å². The molecular formula is C38H64O3S. The Labute approximate surface area is 260 Å². The molecule has 0 aliphatic carbocycles. The first kappa shape index (κ1) is 36.8. The topological polar surface area (TPSA) is 54.4 Å². The van der Waals surface area contributed by atoms with Crippen molar-refractivity contribution in [3.05, 3.63) is 41.5 Å². The van der Waals surface area contributed by atoms with Gasteiger partial charge in [0.1, 0.15) is 0 Å². The molecule has 0 radical (unpaired) electrons. The van der Waals surface area contributed by atoms with Crippen LogP contribution in [-0.4, -0.2) is 13.0 Å². The summed E-state index contributed by atoms with van der Waals surface area (Å²) in [6, 6.07) is 9.66. The molecule has 0 unspecified atom stereocenters. The van der Waals surface area contributed by atoms with Crippen LogP contribution < -0.4 is 0 Å². The Balaban J connectivity index is 1.76. The quantitative estimate of drug-likeness (QED) is 0.0819. The summed E-state index contributed by atoms with van der Waals surface area (Å²) in [4.78, 5) is 0.00783. The van der Waals surface area contributed by atoms with Gasteiger partial charge in [-0.2, -0.15) is 8.42 Å². The van der Waals surface area contributed by atoms with E-state index in [0.29, 0.717) is 0 Å². The third-order valence-corrected chi connectivity index (χ3v) is 9.92. The van der Waals surface area contributed by atoms with E-state index in [-0.39, 0.29) is 4.90 Å². The van der Waals surface area contributed by atoms with Crippen molar-refractivity contribution in [2.24, 2.45) is 0 Å². The van der Waals surface area contributed by atoms with Crippen LogP contribution in [0.4, 0.5) is 0 Å². The first-order valence-electron chi connectivity index (χ1n) is 18.0. The standard InChI is InChI=1S/C38H64O3S/c1-3-5-7-9-11-13-15-17-19-21-23-25-27-34-29-30-35(38-33-36(42(39,40)41)31-32-37(34)38)28-26-24-22-20-18-16-14-12-10-8-6-4-2/h29-33H,3-28H2,1-2H3,(H,39,40,41). The van der Waals surface area contributed by atoms with Crippen LogP contribution in [0, 0.1) is 0 Å². The third kappa shape index (κ3) is 15.9. The monoisotopic (exact) mass is 600 g/mol. The summed E-state index contributed by atoms with van der Waals surface area (Å²) in [6.07, 6.45) is 34.1. The normalized spacial score (nSPS) is 12.0. The fourth-order valence-electron chi connectivity index (χ4n) is 6.36. The van der Waals surface area contributed by atoms with Crippen molar-refractivity contribution in [3.63, 3.8) is 0 Å². The third-order valence-electron chi connectivity index (χ3n) is 9.07. The largest absolute Gasteiger partial charge is 0.294 e. The Kier molecular flexibility index (Phi) is 20.2. The Morgan fingerprint density at radius 1 is 0.452 bits per heavy atom. The zero-order valence-corrected chi connectivity index (χ0v) is 28.3. The molecule has 240 valence electrons. The highest BCUT2D eigenvalue weighted by Gasteiger charge is 2.13. The Bertz CT molecular complexity index is 1060. The summed E-state index contributed by atoms with van der Waals surface area (Å²) in [5.41, 5.74) is 2.51. The maximum absolute atomic E-state index is 11.9. The second-order valence-corrected chi connectivity index (χ2v) is 14.3. The maximum atomic E-state index is 11.9. The first-order valence-corrected chi connectivity index (χ1v) is 19.4. The highest BCUT2D eigenvalue weighted by molar-refractivity contribution is 7.85. The molecule has 0 atom stereocenters. The highest BCUT2D eigenvalue weighted by Crippen LogP contribution is 2.29. The minimum atomic E-state index is -4.21. The molecule has 0 spiro atoms. The molecule has 1 N–H and O–H groups in total. The van der Waals surface area contributed by atoms with Crippen molar-refractivity contribution in [2.45, 2.75) is 186 Å². The fraction of sp³-hybridized carbons (Fsp3) is 0.737. The van der Waals surface area contributed by atoms with Gasteiger partial charge in [-0.15, -0.1) is 0 Å². The second-order valence-electron chi connectivity index (χ2n) is 12.8. The Morgan fingerprint density at radius 2 is 0.786 bits per heavy atom. The predicted octanol–water partition coefficient (Wildman–Crippen LogP) is 12.6. The minimum Gasteiger partial charge on any atom is -0.282 e. The van der Waals surface area contributed by atoms with E-state index in [4.69, 9.17) is 0 Å². The number of unbranched alkanes of at least 4 members (excludes halogenated alkanes) is 22. The highest BCUT2D eigenvalue weighted by atomic mass is 32.2. The van der Waals surface area contributed by atoms with Crippen LogP contribution in [0.25, 0.3) is 10.8 Å². The average molecular weight is 601 g/mol. The summed E-state index contributed by atoms with van der Waals surface area (Å²) >= 11 is 0. The zero-order valence-electron chi connectivity index (χ0n) is 27.4. The van der Waals surface area contributed by atoms with E-state index in [1.54, 1.807) is 12.1 Å². The maximum Gasteiger partial charge on any atom is 0.294 e. The lowest BCUT2D eigenvalue weighted by Gasteiger charge is -2.13. The molecule has 2 aromatic rings. The number of hydrogen-bond acceptors (Lipinski definition) is 2. The van der Waals surface area contributed by atoms with Gasteiger partial charge < -0.3 is 0 Å². The van der Waals surface area contributed by atoms with E-state index in [0.717, 1.165) is 30.0 Å². The van der Waals surface area contributed by atoms with Crippen LogP contribution in [-0.2, 0) is 23.0 Å². The molecule has 0 aliphatic heterocycles. The molecule has 2 rings (SSSR count). The molecule has 4 heteroatoms. The van der Waals surface area contributed by atoms with Gasteiger partial charge in [0, 0.05) is 0 Å². The number of benzene rings is 2. The number of rotatable bonds is 27. The first-order chi connectivity index (χ1) is 20.5. The van der Waals surface area contributed by atoms with Crippen molar-refractivity contribution in [1.29, 1.82) is 0 Å². The SMILES string of the molecule is CCCCCCCCCCCCCCc1ccc(CCCCCCCCCCCCCC)c2cc(S(=O)(=O)O)ccc12. The van der Waals surface area contributed by atoms with Gasteiger partial charge in [-0.1, -0.05) is 173 Å². The molecule has 0 heterocycles. The summed E-state index contributed by atoms with van der Waals surface area (Å²) < 4.78 is 33.5. The van der Waals surface area contributed by atoms with Gasteiger partial charge in [0.15, 0.2) is 0 Å². The average Bonchev–Trinajstić information content (AvgIpc) is 2.98. The summed E-state index contributed by atoms with van der Waals surface area (Å²) in [7, 11) is -4.21. The number of aryl methyl sites for hydroxylation is 2. The van der Waals surface area contributed by atoms with E-state index in [9.17, 15) is 13.0 Å². The van der Waals surface area contributed by atoms with Gasteiger partial charge in [-0.05, 0) is 59.7 Å². The molecular weight excluding hydrogens is 536 g/mol. The molecule has 0 aromatic heterocycles. The van der Waals surface area contributed by atoms with Gasteiger partial charge >= 0.3 is 0 Å². The molecule has 0 amide bonds. The zero-order chi connectivity index (χ0) is 30.3. The molecule has 0 aliphatic rings. The summed E-state index contributed by atoms with van der Waals surface area (Å²) in [5.74, 6) is 0. The lowest BCUT2D eigenvalue weighted by Crippen LogP contribution is -2.00. The molecule has 0 saturated heterocycles. The smallest absolute Gasteiger partial charge is 0.282 e. The molecule has 2 aromatic carbocycles. The van der Waals surface area contributed by atoms with Crippen molar-refractivity contribution in [1.82, 2.24) is 0 Å². The van der Waals surface area contributed by atoms with Crippen LogP contribution in [0.3, 0.4) is 0 Å². The van der Waals surface area contributed by atoms with E-state index in [1.807, 2.05) is 6.07 Å². The lowest BCUT2D eigenvalue weighted by molar-refractivity contribution is 0.483. The Hall–Kier alpha value is -1.39. The number of fused-ring (bicyclic) bond motifs is 1. The predicted molar refractivity (Wildman–Crippen MR) is 183 cm³/mol. The van der Waals surface area contributed by atoms with Crippen molar-refractivity contribution < 1.29 is 13.0 Å². The van der Waals surface area contributed by atoms with E-state index in [1.165, 1.54) is 159 Å².